The predicted octanol–water partition coefficient (Wildman–Crippen LogP) is 11.6. The standard InChI is InChI=1S/C34H45N7O5.C25H28N2O6.C18H32N4O5.C14H27N5O2.CH5N.3CH4/c1-3-24(18-38-40-33(44)37-17-21-12-14-22(15-13-21)31(42)36-2)39-32(43)30-16-23(35)19-41(30)34(45)46-20-29-27-10-6-4-8-25(27)26-9-5-7-11-28(26)29;1-25(2,3)33-23(30)26-15-12-21(22(28)29)27(13-15)24(31)32-14-20-18-10-6-4-8-16(18)17-9-5-7-11-19(17)20;1-5-14(21-17(26)27-18(2,3)4)11-20-22-16(25)19-10-12-6-8-13(9-7-12)15(23)24;1-3-12(15)9-18-19-14(21)17-8-10-4-6-11(7-5-10)13(20)16-2;1-2;;;/h4-11,18,21-24,29-30H,3,12-17,19-20,35H2,1-2H3,(H,36,42)(H,39,43)(H2,37,40,44);4-11,15,20-21H,12-14H2,1-3H3,(H,26,30)(H,28,29);11-14H,5-10H2,1-4H3,(H,21,26)(H,23,24)(H2,19,22,25);9-12H,3-8,15H2,1-2H3,(H,16,20)(H2,17,19,21);2H2,1H3;3*1H4/b38-18+;;20-11+;18-9+;;;;/t21?,22?,23-,24+,30+;15-,21+;12?,13?,14-;10?,11?,12-;;;;/m1100..../s1. The number of nitrogens with two attached hydrogens (primary N) is 3. The van der Waals surface area contributed by atoms with Gasteiger partial charge in [0.05, 0.1) is 24.0 Å². The van der Waals surface area contributed by atoms with E-state index in [1.807, 2.05) is 93.6 Å². The molecule has 7 aliphatic rings. The number of nitrogens with zero attached hydrogens (tertiary/aromatic N) is 5. The topological polar surface area (TPSA) is 536 Å². The largest absolute Gasteiger partial charge is 0.481 e. The van der Waals surface area contributed by atoms with E-state index in [0.717, 1.165) is 120 Å². The molecule has 37 heteroatoms. The van der Waals surface area contributed by atoms with Crippen LogP contribution in [0.3, 0.4) is 0 Å². The summed E-state index contributed by atoms with van der Waals surface area (Å²) in [5.41, 5.74) is 31.2. The van der Waals surface area contributed by atoms with Crippen molar-refractivity contribution in [3.05, 3.63) is 119 Å². The van der Waals surface area contributed by atoms with E-state index in [4.69, 9.17) is 35.5 Å². The summed E-state index contributed by atoms with van der Waals surface area (Å²) < 4.78 is 21.9. The molecule has 0 bridgehead atoms. The number of aliphatic carboxylic acids is 2. The molecule has 7 atom stereocenters. The number of fused-ring (bicyclic) bond motifs is 6. The maximum absolute atomic E-state index is 13.3. The number of carboxylic acids is 2. The number of nitrogens with one attached hydrogen (secondary N) is 11. The van der Waals surface area contributed by atoms with Gasteiger partial charge >= 0.3 is 54.4 Å². The Morgan fingerprint density at radius 1 is 0.455 bits per heavy atom. The summed E-state index contributed by atoms with van der Waals surface area (Å²) in [4.78, 5) is 148. The van der Waals surface area contributed by atoms with Gasteiger partial charge in [0, 0.05) is 108 Å². The molecular formula is C95H149N19O18. The summed E-state index contributed by atoms with van der Waals surface area (Å²) in [7, 11) is 4.83. The Hall–Kier alpha value is -12.0. The summed E-state index contributed by atoms with van der Waals surface area (Å²) in [6.45, 7) is 18.4. The number of urea groups is 3. The van der Waals surface area contributed by atoms with Crippen molar-refractivity contribution in [1.82, 2.24) is 68.6 Å². The molecule has 13 amide bonds. The van der Waals surface area contributed by atoms with Gasteiger partial charge in [-0.1, -0.05) is 140 Å². The van der Waals surface area contributed by atoms with E-state index in [-0.39, 0.29) is 132 Å². The zero-order valence-corrected chi connectivity index (χ0v) is 76.5. The number of benzene rings is 4. The minimum absolute atomic E-state index is 0. The first-order valence-corrected chi connectivity index (χ1v) is 44.8. The number of likely N-dealkylation sites (tertiary alicyclic amines) is 2. The summed E-state index contributed by atoms with van der Waals surface area (Å²) >= 11 is 0. The third kappa shape index (κ3) is 35.6. The molecule has 4 aromatic rings. The smallest absolute Gasteiger partial charge is 0.410 e. The Morgan fingerprint density at radius 3 is 1.15 bits per heavy atom. The molecule has 2 saturated heterocycles. The van der Waals surface area contributed by atoms with Crippen molar-refractivity contribution in [3.63, 3.8) is 0 Å². The molecule has 5 aliphatic carbocycles. The summed E-state index contributed by atoms with van der Waals surface area (Å²) in [6, 6.07) is 27.3. The number of hydrogen-bond donors (Lipinski definition) is 16. The van der Waals surface area contributed by atoms with Crippen LogP contribution in [0.15, 0.2) is 112 Å². The van der Waals surface area contributed by atoms with Gasteiger partial charge in [0.2, 0.25) is 17.7 Å². The van der Waals surface area contributed by atoms with E-state index < -0.39 is 83.7 Å². The molecule has 0 spiro atoms. The third-order valence-corrected chi connectivity index (χ3v) is 23.5. The quantitative estimate of drug-likeness (QED) is 0.0150. The number of rotatable bonds is 27. The second-order valence-corrected chi connectivity index (χ2v) is 35.1. The van der Waals surface area contributed by atoms with Crippen molar-refractivity contribution < 1.29 is 86.7 Å². The number of carbonyl (C=O) groups excluding carboxylic acids is 10. The second kappa shape index (κ2) is 56.0. The molecule has 132 heavy (non-hydrogen) atoms. The van der Waals surface area contributed by atoms with E-state index in [1.165, 1.54) is 30.6 Å². The third-order valence-electron chi connectivity index (χ3n) is 23.5. The fourth-order valence-corrected chi connectivity index (χ4v) is 16.5. The Kier molecular flexibility index (Phi) is 47.7. The number of ether oxygens (including phenoxy) is 4. The van der Waals surface area contributed by atoms with Gasteiger partial charge < -0.3 is 88.9 Å². The fourth-order valence-electron chi connectivity index (χ4n) is 16.5. The van der Waals surface area contributed by atoms with Gasteiger partial charge in [0.25, 0.3) is 0 Å². The lowest BCUT2D eigenvalue weighted by molar-refractivity contribution is -0.143. The first-order chi connectivity index (χ1) is 61.6. The molecule has 2 aliphatic heterocycles. The van der Waals surface area contributed by atoms with Crippen molar-refractivity contribution >= 4 is 90.8 Å². The van der Waals surface area contributed by atoms with E-state index in [1.54, 1.807) is 55.6 Å². The van der Waals surface area contributed by atoms with Crippen LogP contribution in [-0.4, -0.2) is 231 Å². The maximum atomic E-state index is 13.3. The molecule has 37 nitrogen and oxygen atoms in total. The molecule has 0 radical (unpaired) electrons. The van der Waals surface area contributed by atoms with Gasteiger partial charge in [-0.05, 0) is 214 Å². The molecule has 0 aromatic heterocycles. The van der Waals surface area contributed by atoms with Gasteiger partial charge in [-0.15, -0.1) is 0 Å². The highest BCUT2D eigenvalue weighted by Gasteiger charge is 2.44. The van der Waals surface area contributed by atoms with E-state index >= 15 is 0 Å². The molecule has 5 fully saturated rings. The Bertz CT molecular complexity index is 4370. The van der Waals surface area contributed by atoms with Crippen LogP contribution in [0.1, 0.15) is 228 Å². The normalized spacial score (nSPS) is 21.0. The van der Waals surface area contributed by atoms with Crippen molar-refractivity contribution in [2.24, 2.45) is 68.0 Å². The first-order valence-electron chi connectivity index (χ1n) is 44.8. The maximum Gasteiger partial charge on any atom is 0.410 e. The van der Waals surface area contributed by atoms with E-state index in [2.05, 4.69) is 104 Å². The van der Waals surface area contributed by atoms with Gasteiger partial charge in [-0.3, -0.25) is 29.0 Å². The molecule has 19 N–H and O–H groups in total. The monoisotopic (exact) mass is 1840 g/mol. The lowest BCUT2D eigenvalue weighted by Crippen LogP contribution is -2.49. The van der Waals surface area contributed by atoms with Gasteiger partial charge in [-0.25, -0.2) is 54.6 Å². The zero-order valence-electron chi connectivity index (χ0n) is 76.5. The number of amides is 13. The van der Waals surface area contributed by atoms with Crippen molar-refractivity contribution in [3.8, 4) is 22.3 Å². The highest BCUT2D eigenvalue weighted by Crippen LogP contribution is 2.46. The average molecular weight is 1850 g/mol. The Balaban J connectivity index is 0.000000378. The number of carboxylic acid groups (broad SMARTS) is 2. The lowest BCUT2D eigenvalue weighted by atomic mass is 9.81. The van der Waals surface area contributed by atoms with E-state index in [0.29, 0.717) is 63.6 Å². The van der Waals surface area contributed by atoms with Crippen LogP contribution in [0.2, 0.25) is 0 Å². The molecule has 0 unspecified atom stereocenters. The van der Waals surface area contributed by atoms with Crippen LogP contribution >= 0.6 is 0 Å². The number of hydrogen-bond acceptors (Lipinski definition) is 22. The number of carbonyl (C=O) groups is 12. The first kappa shape index (κ1) is 112. The van der Waals surface area contributed by atoms with Crippen LogP contribution in [-0.2, 0) is 42.9 Å². The lowest BCUT2D eigenvalue weighted by Gasteiger charge is -2.27. The summed E-state index contributed by atoms with van der Waals surface area (Å²) in [6.07, 6.45) is 14.2. The van der Waals surface area contributed by atoms with Crippen LogP contribution in [0, 0.1) is 35.5 Å². The van der Waals surface area contributed by atoms with Gasteiger partial charge in [0.15, 0.2) is 0 Å². The van der Waals surface area contributed by atoms with E-state index in [9.17, 15) is 62.6 Å². The predicted molar refractivity (Wildman–Crippen MR) is 511 cm³/mol. The molecule has 4 aromatic carbocycles. The van der Waals surface area contributed by atoms with Crippen LogP contribution in [0.5, 0.6) is 0 Å². The summed E-state index contributed by atoms with van der Waals surface area (Å²) in [5.74, 6) is -1.29. The minimum Gasteiger partial charge on any atom is -0.481 e. The van der Waals surface area contributed by atoms with Gasteiger partial charge in [-0.2, -0.15) is 15.3 Å². The zero-order chi connectivity index (χ0) is 94.5. The van der Waals surface area contributed by atoms with Gasteiger partial charge in [0.1, 0.15) is 36.5 Å². The molecule has 2 heterocycles. The average Bonchev–Trinajstić information content (AvgIpc) is 1.61. The Labute approximate surface area is 778 Å². The molecule has 3 saturated carbocycles. The van der Waals surface area contributed by atoms with Crippen molar-refractivity contribution in [2.45, 2.75) is 259 Å². The van der Waals surface area contributed by atoms with Crippen LogP contribution < -0.4 is 76.0 Å². The fraction of sp³-hybridized carbons (Fsp3) is 0.589. The minimum atomic E-state index is -1.14. The molecule has 732 valence electrons. The summed E-state index contributed by atoms with van der Waals surface area (Å²) in [5, 5.41) is 52.3. The van der Waals surface area contributed by atoms with Crippen LogP contribution in [0.4, 0.5) is 33.6 Å². The number of alkyl carbamates (subject to hydrolysis) is 2. The molecular weight excluding hydrogens is 1700 g/mol. The highest BCUT2D eigenvalue weighted by molar-refractivity contribution is 5.90. The Morgan fingerprint density at radius 2 is 0.803 bits per heavy atom. The number of hydrazone groups is 3. The highest BCUT2D eigenvalue weighted by atomic mass is 16.6. The second-order valence-electron chi connectivity index (χ2n) is 35.1. The SMILES string of the molecule is C.C.C.CC(C)(C)OC(=O)N[C@@H]1C[C@@H](C(=O)O)N(C(=O)OCC2c3ccccc3-c3ccccc32)C1.CC[C@@H](/C=N/NC(=O)NCC1CCC(C(=O)NC)CC1)NC(=O)[C@@H]1C[C@@H](N)CN1C(=O)OCC1c2ccccc2-c2ccccc21.CC[C@@H](/C=N/NC(=O)NCC1CCC(C(=O)O)CC1)NC(=O)OC(C)(C)C.CC[C@H](N)/C=N/NC(=O)NCC1CCC(C(=O)NC)CC1.CN. The van der Waals surface area contributed by atoms with Crippen LogP contribution in [0.25, 0.3) is 22.3 Å². The molecule has 11 rings (SSSR count). The van der Waals surface area contributed by atoms with Crippen molar-refractivity contribution in [1.29, 1.82) is 0 Å². The van der Waals surface area contributed by atoms with Crippen molar-refractivity contribution in [2.75, 3.05) is 67.1 Å².